The second-order valence-electron chi connectivity index (χ2n) is 6.14. The monoisotopic (exact) mass is 306 g/mol. The maximum absolute atomic E-state index is 12.3. The number of hydrogen-bond acceptors (Lipinski definition) is 2. The molecule has 0 aliphatic heterocycles. The van der Waals surface area contributed by atoms with Crippen LogP contribution >= 0.6 is 0 Å². The summed E-state index contributed by atoms with van der Waals surface area (Å²) in [6.45, 7) is 5.81. The van der Waals surface area contributed by atoms with E-state index in [2.05, 4.69) is 11.8 Å². The third-order valence-corrected chi connectivity index (χ3v) is 4.07. The van der Waals surface area contributed by atoms with Gasteiger partial charge in [-0.25, -0.2) is 0 Å². The molecule has 0 spiro atoms. The lowest BCUT2D eigenvalue weighted by atomic mass is 9.74. The first-order valence-electron chi connectivity index (χ1n) is 7.67. The smallest absolute Gasteiger partial charge is 0.312 e. The van der Waals surface area contributed by atoms with E-state index in [1.807, 2.05) is 75.4 Å². The molecule has 2 aromatic rings. The molecule has 1 atom stereocenters. The van der Waals surface area contributed by atoms with E-state index < -0.39 is 5.41 Å². The van der Waals surface area contributed by atoms with Crippen molar-refractivity contribution in [3.05, 3.63) is 71.3 Å². The normalized spacial score (nSPS) is 12.0. The summed E-state index contributed by atoms with van der Waals surface area (Å²) in [6, 6.07) is 17.8. The molecule has 0 amide bonds. The second kappa shape index (κ2) is 7.15. The van der Waals surface area contributed by atoms with Crippen molar-refractivity contribution in [2.24, 2.45) is 5.41 Å². The van der Waals surface area contributed by atoms with Crippen LogP contribution in [0.25, 0.3) is 0 Å². The lowest BCUT2D eigenvalue weighted by Crippen LogP contribution is -2.32. The number of methoxy groups -OCH3 is 1. The molecule has 0 bridgehead atoms. The summed E-state index contributed by atoms with van der Waals surface area (Å²) in [6.07, 6.45) is 0. The van der Waals surface area contributed by atoms with Crippen molar-refractivity contribution in [3.63, 3.8) is 0 Å². The van der Waals surface area contributed by atoms with Crippen molar-refractivity contribution < 1.29 is 9.53 Å². The fourth-order valence-corrected chi connectivity index (χ4v) is 2.62. The molecular weight excluding hydrogens is 284 g/mol. The van der Waals surface area contributed by atoms with E-state index in [0.717, 1.165) is 16.7 Å². The maximum Gasteiger partial charge on any atom is 0.312 e. The Labute approximate surface area is 138 Å². The minimum atomic E-state index is -0.733. The number of carbonyl (C=O) groups is 1. The van der Waals surface area contributed by atoms with E-state index in [9.17, 15) is 4.79 Å². The van der Waals surface area contributed by atoms with Crippen LogP contribution in [-0.4, -0.2) is 13.1 Å². The number of ether oxygens (including phenoxy) is 1. The average Bonchev–Trinajstić information content (AvgIpc) is 2.56. The zero-order valence-electron chi connectivity index (χ0n) is 14.1. The van der Waals surface area contributed by atoms with Gasteiger partial charge in [0, 0.05) is 5.56 Å². The van der Waals surface area contributed by atoms with E-state index in [-0.39, 0.29) is 11.9 Å². The van der Waals surface area contributed by atoms with E-state index >= 15 is 0 Å². The standard InChI is InChI=1S/C21H22O2/c1-16-10-8-9-13-18(16)19(21(2,3)20(22)23-4)15-14-17-11-6-5-7-12-17/h5-13,19H,1-4H3/t19-/m0/s1. The average molecular weight is 306 g/mol. The zero-order valence-corrected chi connectivity index (χ0v) is 14.1. The molecular formula is C21H22O2. The van der Waals surface area contributed by atoms with Crippen molar-refractivity contribution in [2.75, 3.05) is 7.11 Å². The van der Waals surface area contributed by atoms with Crippen LogP contribution in [0.4, 0.5) is 0 Å². The van der Waals surface area contributed by atoms with Crippen molar-refractivity contribution in [1.29, 1.82) is 0 Å². The SMILES string of the molecule is COC(=O)C(C)(C)[C@@H](C#Cc1ccccc1)c1ccccc1C. The molecule has 2 aromatic carbocycles. The third-order valence-electron chi connectivity index (χ3n) is 4.07. The van der Waals surface area contributed by atoms with Crippen LogP contribution in [0.15, 0.2) is 54.6 Å². The van der Waals surface area contributed by atoms with Crippen LogP contribution in [0.1, 0.15) is 36.5 Å². The molecule has 2 rings (SSSR count). The Morgan fingerprint density at radius 2 is 1.65 bits per heavy atom. The summed E-state index contributed by atoms with van der Waals surface area (Å²) in [4.78, 5) is 12.3. The molecule has 0 heterocycles. The summed E-state index contributed by atoms with van der Waals surface area (Å²) >= 11 is 0. The van der Waals surface area contributed by atoms with Gasteiger partial charge >= 0.3 is 5.97 Å². The van der Waals surface area contributed by atoms with Crippen molar-refractivity contribution in [1.82, 2.24) is 0 Å². The van der Waals surface area contributed by atoms with Gasteiger partial charge in [-0.3, -0.25) is 4.79 Å². The van der Waals surface area contributed by atoms with E-state index in [0.29, 0.717) is 0 Å². The molecule has 0 aromatic heterocycles. The Morgan fingerprint density at radius 3 is 2.26 bits per heavy atom. The van der Waals surface area contributed by atoms with Gasteiger partial charge in [0.15, 0.2) is 0 Å². The molecule has 0 radical (unpaired) electrons. The highest BCUT2D eigenvalue weighted by molar-refractivity contribution is 5.78. The highest BCUT2D eigenvalue weighted by atomic mass is 16.5. The van der Waals surface area contributed by atoms with Crippen molar-refractivity contribution >= 4 is 5.97 Å². The molecule has 2 heteroatoms. The minimum absolute atomic E-state index is 0.239. The van der Waals surface area contributed by atoms with Gasteiger partial charge in [-0.05, 0) is 44.0 Å². The Balaban J connectivity index is 2.51. The summed E-state index contributed by atoms with van der Waals surface area (Å²) < 4.78 is 5.00. The third kappa shape index (κ3) is 3.81. The van der Waals surface area contributed by atoms with E-state index in [1.54, 1.807) is 0 Å². The molecule has 0 N–H and O–H groups in total. The van der Waals surface area contributed by atoms with Crippen LogP contribution in [0.2, 0.25) is 0 Å². The first kappa shape index (κ1) is 16.8. The summed E-state index contributed by atoms with van der Waals surface area (Å²) in [5.41, 5.74) is 2.39. The highest BCUT2D eigenvalue weighted by Gasteiger charge is 2.38. The van der Waals surface area contributed by atoms with Gasteiger partial charge < -0.3 is 4.74 Å². The first-order chi connectivity index (χ1) is 11.0. The first-order valence-corrected chi connectivity index (χ1v) is 7.67. The van der Waals surface area contributed by atoms with Gasteiger partial charge in [0.05, 0.1) is 18.4 Å². The van der Waals surface area contributed by atoms with Crippen LogP contribution in [0.5, 0.6) is 0 Å². The Kier molecular flexibility index (Phi) is 5.24. The zero-order chi connectivity index (χ0) is 16.9. The van der Waals surface area contributed by atoms with E-state index in [4.69, 9.17) is 4.74 Å². The molecule has 2 nitrogen and oxygen atoms in total. The summed E-state index contributed by atoms with van der Waals surface area (Å²) in [7, 11) is 1.42. The Bertz CT molecular complexity index is 733. The number of carbonyl (C=O) groups excluding carboxylic acids is 1. The highest BCUT2D eigenvalue weighted by Crippen LogP contribution is 2.37. The largest absolute Gasteiger partial charge is 0.469 e. The van der Waals surface area contributed by atoms with Gasteiger partial charge in [-0.15, -0.1) is 0 Å². The number of esters is 1. The molecule has 0 aliphatic rings. The predicted octanol–water partition coefficient (Wildman–Crippen LogP) is 4.33. The molecule has 0 saturated carbocycles. The Morgan fingerprint density at radius 1 is 1.04 bits per heavy atom. The molecule has 0 aliphatic carbocycles. The van der Waals surface area contributed by atoms with Crippen LogP contribution in [0, 0.1) is 24.2 Å². The van der Waals surface area contributed by atoms with Gasteiger partial charge in [-0.1, -0.05) is 54.3 Å². The fraction of sp³-hybridized carbons (Fsp3) is 0.286. The number of rotatable bonds is 3. The maximum atomic E-state index is 12.3. The van der Waals surface area contributed by atoms with Crippen LogP contribution < -0.4 is 0 Å². The van der Waals surface area contributed by atoms with Crippen molar-refractivity contribution in [3.8, 4) is 11.8 Å². The minimum Gasteiger partial charge on any atom is -0.469 e. The van der Waals surface area contributed by atoms with Gasteiger partial charge in [-0.2, -0.15) is 0 Å². The predicted molar refractivity (Wildman–Crippen MR) is 93.0 cm³/mol. The molecule has 0 saturated heterocycles. The summed E-state index contributed by atoms with van der Waals surface area (Å²) in [5.74, 6) is 6.00. The quantitative estimate of drug-likeness (QED) is 0.623. The summed E-state index contributed by atoms with van der Waals surface area (Å²) in [5, 5.41) is 0. The fourth-order valence-electron chi connectivity index (χ4n) is 2.62. The van der Waals surface area contributed by atoms with Crippen LogP contribution in [-0.2, 0) is 9.53 Å². The number of benzene rings is 2. The van der Waals surface area contributed by atoms with Gasteiger partial charge in [0.1, 0.15) is 0 Å². The Hall–Kier alpha value is -2.53. The topological polar surface area (TPSA) is 26.3 Å². The van der Waals surface area contributed by atoms with Crippen molar-refractivity contribution in [2.45, 2.75) is 26.7 Å². The van der Waals surface area contributed by atoms with Crippen LogP contribution in [0.3, 0.4) is 0 Å². The number of hydrogen-bond donors (Lipinski definition) is 0. The lowest BCUT2D eigenvalue weighted by Gasteiger charge is -2.29. The lowest BCUT2D eigenvalue weighted by molar-refractivity contribution is -0.151. The number of aryl methyl sites for hydroxylation is 1. The molecule has 0 unspecified atom stereocenters. The van der Waals surface area contributed by atoms with Gasteiger partial charge in [0.25, 0.3) is 0 Å². The molecule has 23 heavy (non-hydrogen) atoms. The molecule has 0 fully saturated rings. The molecule has 118 valence electrons. The van der Waals surface area contributed by atoms with E-state index in [1.165, 1.54) is 7.11 Å². The van der Waals surface area contributed by atoms with Gasteiger partial charge in [0.2, 0.25) is 0 Å². The second-order valence-corrected chi connectivity index (χ2v) is 6.14.